The monoisotopic (exact) mass is 324 g/mol. The summed E-state index contributed by atoms with van der Waals surface area (Å²) in [6.07, 6.45) is -4.18. The Morgan fingerprint density at radius 1 is 1.29 bits per heavy atom. The topological polar surface area (TPSA) is 41.1 Å². The molecule has 1 atom stereocenters. The normalized spacial score (nSPS) is 12.4. The first-order valence-corrected chi connectivity index (χ1v) is 6.43. The Balaban J connectivity index is 0.00000400. The Morgan fingerprint density at radius 2 is 1.95 bits per heavy atom. The van der Waals surface area contributed by atoms with Gasteiger partial charge in [-0.3, -0.25) is 4.79 Å². The molecule has 0 heterocycles. The fraction of sp³-hybridized carbons (Fsp3) is 0.500. The highest BCUT2D eigenvalue weighted by atomic mass is 35.5. The third-order valence-electron chi connectivity index (χ3n) is 2.97. The van der Waals surface area contributed by atoms with Crippen molar-refractivity contribution < 1.29 is 18.0 Å². The van der Waals surface area contributed by atoms with Crippen LogP contribution in [0.2, 0.25) is 0 Å². The summed E-state index contributed by atoms with van der Waals surface area (Å²) in [4.78, 5) is 11.6. The Morgan fingerprint density at radius 3 is 2.52 bits per heavy atom. The first-order valence-electron chi connectivity index (χ1n) is 6.43. The summed E-state index contributed by atoms with van der Waals surface area (Å²) >= 11 is 0. The number of carbonyl (C=O) groups excluding carboxylic acids is 1. The van der Waals surface area contributed by atoms with Crippen molar-refractivity contribution in [1.82, 2.24) is 10.6 Å². The zero-order valence-electron chi connectivity index (χ0n) is 12.0. The molecule has 0 aliphatic heterocycles. The lowest BCUT2D eigenvalue weighted by molar-refractivity contribution is -0.137. The zero-order chi connectivity index (χ0) is 15.2. The van der Waals surface area contributed by atoms with Crippen LogP contribution >= 0.6 is 12.4 Å². The summed E-state index contributed by atoms with van der Waals surface area (Å²) in [6, 6.07) is 5.11. The number of hydrogen-bond donors (Lipinski definition) is 2. The van der Waals surface area contributed by atoms with Crippen molar-refractivity contribution in [3.63, 3.8) is 0 Å². The van der Waals surface area contributed by atoms with Gasteiger partial charge in [-0.15, -0.1) is 12.4 Å². The van der Waals surface area contributed by atoms with Gasteiger partial charge in [0.25, 0.3) is 0 Å². The molecule has 3 nitrogen and oxygen atoms in total. The van der Waals surface area contributed by atoms with Gasteiger partial charge in [0.2, 0.25) is 5.91 Å². The minimum Gasteiger partial charge on any atom is -0.355 e. The van der Waals surface area contributed by atoms with E-state index in [4.69, 9.17) is 0 Å². The van der Waals surface area contributed by atoms with Gasteiger partial charge in [0.1, 0.15) is 0 Å². The van der Waals surface area contributed by atoms with E-state index < -0.39 is 11.7 Å². The van der Waals surface area contributed by atoms with Gasteiger partial charge >= 0.3 is 6.18 Å². The number of benzene rings is 1. The van der Waals surface area contributed by atoms with Gasteiger partial charge in [-0.05, 0) is 24.6 Å². The van der Waals surface area contributed by atoms with Crippen molar-refractivity contribution >= 4 is 18.3 Å². The second-order valence-corrected chi connectivity index (χ2v) is 4.68. The molecule has 120 valence electrons. The molecule has 1 rings (SSSR count). The van der Waals surface area contributed by atoms with Crippen molar-refractivity contribution in [2.45, 2.75) is 25.4 Å². The number of likely N-dealkylation sites (N-methyl/N-ethyl adjacent to an activating group) is 1. The predicted molar refractivity (Wildman–Crippen MR) is 78.7 cm³/mol. The van der Waals surface area contributed by atoms with Crippen LogP contribution in [0.25, 0.3) is 0 Å². The Labute approximate surface area is 128 Å². The van der Waals surface area contributed by atoms with Crippen LogP contribution in [-0.4, -0.2) is 26.0 Å². The van der Waals surface area contributed by atoms with Crippen molar-refractivity contribution in [1.29, 1.82) is 0 Å². The van der Waals surface area contributed by atoms with Gasteiger partial charge in [0.05, 0.1) is 5.56 Å². The summed E-state index contributed by atoms with van der Waals surface area (Å²) in [5.74, 6) is -0.419. The number of carbonyl (C=O) groups is 1. The molecule has 21 heavy (non-hydrogen) atoms. The fourth-order valence-corrected chi connectivity index (χ4v) is 1.82. The number of halogens is 4. The van der Waals surface area contributed by atoms with Crippen LogP contribution in [0.1, 0.15) is 30.4 Å². The van der Waals surface area contributed by atoms with Gasteiger partial charge in [0.15, 0.2) is 0 Å². The van der Waals surface area contributed by atoms with Gasteiger partial charge in [0, 0.05) is 19.5 Å². The third-order valence-corrected chi connectivity index (χ3v) is 2.97. The molecule has 0 aromatic heterocycles. The third kappa shape index (κ3) is 6.82. The Kier molecular flexibility index (Phi) is 8.36. The fourth-order valence-electron chi connectivity index (χ4n) is 1.82. The van der Waals surface area contributed by atoms with Crippen LogP contribution in [0.4, 0.5) is 13.2 Å². The van der Waals surface area contributed by atoms with E-state index >= 15 is 0 Å². The van der Waals surface area contributed by atoms with Crippen LogP contribution in [0.15, 0.2) is 24.3 Å². The Hall–Kier alpha value is -1.27. The van der Waals surface area contributed by atoms with Crippen LogP contribution in [0, 0.1) is 0 Å². The maximum absolute atomic E-state index is 12.6. The van der Waals surface area contributed by atoms with Crippen molar-refractivity contribution in [2.24, 2.45) is 0 Å². The second kappa shape index (κ2) is 8.89. The molecule has 7 heteroatoms. The SMILES string of the molecule is CNCCNC(=O)CC(C)c1cccc(C(F)(F)F)c1.Cl. The molecule has 0 spiro atoms. The second-order valence-electron chi connectivity index (χ2n) is 4.68. The van der Waals surface area contributed by atoms with E-state index in [0.29, 0.717) is 18.7 Å². The Bertz CT molecular complexity index is 452. The number of alkyl halides is 3. The molecule has 0 radical (unpaired) electrons. The van der Waals surface area contributed by atoms with E-state index in [0.717, 1.165) is 12.1 Å². The standard InChI is InChI=1S/C14H19F3N2O.ClH/c1-10(8-13(20)19-7-6-18-2)11-4-3-5-12(9-11)14(15,16)17;/h3-5,9-10,18H,6-8H2,1-2H3,(H,19,20);1H. The smallest absolute Gasteiger partial charge is 0.355 e. The van der Waals surface area contributed by atoms with E-state index in [2.05, 4.69) is 10.6 Å². The van der Waals surface area contributed by atoms with Crippen molar-refractivity contribution in [2.75, 3.05) is 20.1 Å². The van der Waals surface area contributed by atoms with Crippen molar-refractivity contribution in [3.05, 3.63) is 35.4 Å². The molecule has 0 aliphatic rings. The first-order chi connectivity index (χ1) is 9.34. The quantitative estimate of drug-likeness (QED) is 0.790. The van der Waals surface area contributed by atoms with Crippen LogP contribution in [-0.2, 0) is 11.0 Å². The van der Waals surface area contributed by atoms with Gasteiger partial charge in [-0.2, -0.15) is 13.2 Å². The highest BCUT2D eigenvalue weighted by molar-refractivity contribution is 5.85. The molecule has 1 aromatic carbocycles. The number of rotatable bonds is 6. The number of amides is 1. The molecule has 0 saturated carbocycles. The zero-order valence-corrected chi connectivity index (χ0v) is 12.8. The van der Waals surface area contributed by atoms with E-state index in [1.54, 1.807) is 20.0 Å². The number of nitrogens with one attached hydrogen (secondary N) is 2. The average Bonchev–Trinajstić information content (AvgIpc) is 2.38. The van der Waals surface area contributed by atoms with E-state index in [1.807, 2.05) is 0 Å². The summed E-state index contributed by atoms with van der Waals surface area (Å²) in [6.45, 7) is 2.90. The van der Waals surface area contributed by atoms with Crippen LogP contribution < -0.4 is 10.6 Å². The lowest BCUT2D eigenvalue weighted by Crippen LogP contribution is -2.31. The lowest BCUT2D eigenvalue weighted by Gasteiger charge is -2.14. The molecule has 0 aliphatic carbocycles. The minimum atomic E-state index is -4.36. The highest BCUT2D eigenvalue weighted by Gasteiger charge is 2.30. The van der Waals surface area contributed by atoms with E-state index in [1.165, 1.54) is 6.07 Å². The maximum Gasteiger partial charge on any atom is 0.416 e. The molecule has 1 aromatic rings. The maximum atomic E-state index is 12.6. The van der Waals surface area contributed by atoms with Gasteiger partial charge in [-0.1, -0.05) is 25.1 Å². The molecular weight excluding hydrogens is 305 g/mol. The molecule has 0 saturated heterocycles. The van der Waals surface area contributed by atoms with Gasteiger partial charge in [-0.25, -0.2) is 0 Å². The molecular formula is C14H20ClF3N2O. The summed E-state index contributed by atoms with van der Waals surface area (Å²) < 4.78 is 37.8. The molecule has 1 unspecified atom stereocenters. The van der Waals surface area contributed by atoms with E-state index in [9.17, 15) is 18.0 Å². The summed E-state index contributed by atoms with van der Waals surface area (Å²) in [5, 5.41) is 5.60. The van der Waals surface area contributed by atoms with Crippen LogP contribution in [0.3, 0.4) is 0 Å². The molecule has 0 bridgehead atoms. The predicted octanol–water partition coefficient (Wildman–Crippen LogP) is 2.96. The van der Waals surface area contributed by atoms with Crippen LogP contribution in [0.5, 0.6) is 0 Å². The summed E-state index contributed by atoms with van der Waals surface area (Å²) in [5.41, 5.74) is -0.166. The van der Waals surface area contributed by atoms with Crippen molar-refractivity contribution in [3.8, 4) is 0 Å². The minimum absolute atomic E-state index is 0. The largest absolute Gasteiger partial charge is 0.416 e. The summed E-state index contributed by atoms with van der Waals surface area (Å²) in [7, 11) is 1.78. The first kappa shape index (κ1) is 19.7. The average molecular weight is 325 g/mol. The lowest BCUT2D eigenvalue weighted by atomic mass is 9.95. The molecule has 1 amide bonds. The van der Waals surface area contributed by atoms with Gasteiger partial charge < -0.3 is 10.6 Å². The molecule has 2 N–H and O–H groups in total. The highest BCUT2D eigenvalue weighted by Crippen LogP contribution is 2.31. The van der Waals surface area contributed by atoms with E-state index in [-0.39, 0.29) is 30.7 Å². The molecule has 0 fully saturated rings. The number of hydrogen-bond acceptors (Lipinski definition) is 2.